The summed E-state index contributed by atoms with van der Waals surface area (Å²) in [5.74, 6) is 0. The first-order valence-corrected chi connectivity index (χ1v) is 10.3. The second kappa shape index (κ2) is 8.36. The number of halogens is 1. The molecule has 0 saturated carbocycles. The first kappa shape index (κ1) is 19.3. The van der Waals surface area contributed by atoms with E-state index >= 15 is 0 Å². The highest BCUT2D eigenvalue weighted by Crippen LogP contribution is 2.25. The molecule has 0 aliphatic carbocycles. The van der Waals surface area contributed by atoms with Gasteiger partial charge in [-0.25, -0.2) is 13.1 Å². The van der Waals surface area contributed by atoms with Gasteiger partial charge >= 0.3 is 0 Å². The molecular formula is C17H21ClN2O2S2. The van der Waals surface area contributed by atoms with Gasteiger partial charge in [-0.2, -0.15) is 0 Å². The van der Waals surface area contributed by atoms with Crippen molar-refractivity contribution < 1.29 is 8.42 Å². The lowest BCUT2D eigenvalue weighted by Gasteiger charge is -2.27. The summed E-state index contributed by atoms with van der Waals surface area (Å²) in [5.41, 5.74) is 2.47. The summed E-state index contributed by atoms with van der Waals surface area (Å²) in [6.07, 6.45) is 2.86. The number of nitrogens with one attached hydrogen (secondary N) is 2. The maximum Gasteiger partial charge on any atom is 0.241 e. The van der Waals surface area contributed by atoms with Gasteiger partial charge in [0.25, 0.3) is 0 Å². The average molecular weight is 385 g/mol. The van der Waals surface area contributed by atoms with E-state index < -0.39 is 10.0 Å². The standard InChI is InChI=1S/C17H20N2O2S2.ClH/c1-22-16-8-4-5-9-17(16)23(20,21)19-12-15-14-7-3-2-6-13(14)10-11-18-15;/h2-9,15,18-19H,10-12H2,1H3;1H. The first-order chi connectivity index (χ1) is 11.1. The lowest BCUT2D eigenvalue weighted by molar-refractivity contribution is 0.491. The summed E-state index contributed by atoms with van der Waals surface area (Å²) in [6.45, 7) is 1.22. The van der Waals surface area contributed by atoms with Gasteiger partial charge in [-0.05, 0) is 42.5 Å². The van der Waals surface area contributed by atoms with Crippen LogP contribution in [0.1, 0.15) is 17.2 Å². The number of thioether (sulfide) groups is 1. The molecule has 24 heavy (non-hydrogen) atoms. The molecule has 3 rings (SSSR count). The minimum Gasteiger partial charge on any atom is -0.308 e. The van der Waals surface area contributed by atoms with Gasteiger partial charge in [0.05, 0.1) is 4.90 Å². The highest BCUT2D eigenvalue weighted by Gasteiger charge is 2.23. The number of hydrogen-bond acceptors (Lipinski definition) is 4. The highest BCUT2D eigenvalue weighted by atomic mass is 35.5. The van der Waals surface area contributed by atoms with Crippen LogP contribution in [-0.4, -0.2) is 27.8 Å². The van der Waals surface area contributed by atoms with Gasteiger partial charge in [0, 0.05) is 17.5 Å². The molecule has 1 aliphatic heterocycles. The van der Waals surface area contributed by atoms with Crippen LogP contribution in [0.3, 0.4) is 0 Å². The predicted molar refractivity (Wildman–Crippen MR) is 102 cm³/mol. The third-order valence-electron chi connectivity index (χ3n) is 4.05. The molecule has 1 aliphatic rings. The van der Waals surface area contributed by atoms with Crippen LogP contribution in [0, 0.1) is 0 Å². The fourth-order valence-corrected chi connectivity index (χ4v) is 5.08. The lowest BCUT2D eigenvalue weighted by Crippen LogP contribution is -2.38. The molecule has 130 valence electrons. The quantitative estimate of drug-likeness (QED) is 0.778. The Morgan fingerprint density at radius 3 is 2.67 bits per heavy atom. The van der Waals surface area contributed by atoms with Gasteiger partial charge in [0.15, 0.2) is 0 Å². The number of benzene rings is 2. The van der Waals surface area contributed by atoms with Crippen LogP contribution in [0.15, 0.2) is 58.3 Å². The molecule has 7 heteroatoms. The third kappa shape index (κ3) is 4.13. The number of hydrogen-bond donors (Lipinski definition) is 2. The molecule has 4 nitrogen and oxygen atoms in total. The van der Waals surface area contributed by atoms with Crippen molar-refractivity contribution in [2.24, 2.45) is 0 Å². The fourth-order valence-electron chi connectivity index (χ4n) is 2.89. The van der Waals surface area contributed by atoms with E-state index in [4.69, 9.17) is 0 Å². The Kier molecular flexibility index (Phi) is 6.71. The second-order valence-electron chi connectivity index (χ2n) is 5.46. The van der Waals surface area contributed by atoms with Crippen molar-refractivity contribution in [1.82, 2.24) is 10.0 Å². The number of rotatable bonds is 5. The van der Waals surface area contributed by atoms with Crippen LogP contribution in [0.5, 0.6) is 0 Å². The van der Waals surface area contributed by atoms with E-state index in [1.54, 1.807) is 12.1 Å². The molecule has 0 aromatic heterocycles. The van der Waals surface area contributed by atoms with Gasteiger partial charge in [-0.1, -0.05) is 36.4 Å². The van der Waals surface area contributed by atoms with Crippen molar-refractivity contribution in [3.8, 4) is 0 Å². The molecule has 0 saturated heterocycles. The maximum atomic E-state index is 12.6. The molecule has 0 bridgehead atoms. The molecule has 1 heterocycles. The molecule has 1 unspecified atom stereocenters. The number of fused-ring (bicyclic) bond motifs is 1. The van der Waals surface area contributed by atoms with Gasteiger partial charge in [0.2, 0.25) is 10.0 Å². The molecule has 1 atom stereocenters. The van der Waals surface area contributed by atoms with E-state index in [9.17, 15) is 8.42 Å². The smallest absolute Gasteiger partial charge is 0.241 e. The molecule has 0 radical (unpaired) electrons. The zero-order chi connectivity index (χ0) is 16.3. The number of sulfonamides is 1. The SMILES string of the molecule is CSc1ccccc1S(=O)(=O)NCC1NCCc2ccccc21.Cl. The Bertz CT molecular complexity index is 797. The zero-order valence-electron chi connectivity index (χ0n) is 13.4. The Balaban J connectivity index is 0.00000208. The van der Waals surface area contributed by atoms with Crippen molar-refractivity contribution in [2.75, 3.05) is 19.3 Å². The molecule has 2 aromatic rings. The second-order valence-corrected chi connectivity index (χ2v) is 8.04. The minimum atomic E-state index is -3.52. The monoisotopic (exact) mass is 384 g/mol. The predicted octanol–water partition coefficient (Wildman–Crippen LogP) is 3.00. The van der Waals surface area contributed by atoms with E-state index in [0.717, 1.165) is 17.9 Å². The van der Waals surface area contributed by atoms with Crippen molar-refractivity contribution in [2.45, 2.75) is 22.3 Å². The average Bonchev–Trinajstić information content (AvgIpc) is 2.60. The van der Waals surface area contributed by atoms with Crippen LogP contribution < -0.4 is 10.0 Å². The van der Waals surface area contributed by atoms with E-state index in [0.29, 0.717) is 11.4 Å². The van der Waals surface area contributed by atoms with Crippen molar-refractivity contribution in [1.29, 1.82) is 0 Å². The van der Waals surface area contributed by atoms with Crippen molar-refractivity contribution in [3.63, 3.8) is 0 Å². The Morgan fingerprint density at radius 2 is 1.88 bits per heavy atom. The van der Waals surface area contributed by atoms with Gasteiger partial charge in [0.1, 0.15) is 0 Å². The molecule has 0 amide bonds. The zero-order valence-corrected chi connectivity index (χ0v) is 15.8. The highest BCUT2D eigenvalue weighted by molar-refractivity contribution is 7.99. The molecule has 2 aromatic carbocycles. The molecule has 2 N–H and O–H groups in total. The van der Waals surface area contributed by atoms with E-state index in [1.165, 1.54) is 22.9 Å². The topological polar surface area (TPSA) is 58.2 Å². The molecule has 0 fully saturated rings. The Hall–Kier alpha value is -1.05. The molecular weight excluding hydrogens is 364 g/mol. The lowest BCUT2D eigenvalue weighted by atomic mass is 9.95. The maximum absolute atomic E-state index is 12.6. The van der Waals surface area contributed by atoms with Crippen LogP contribution >= 0.6 is 24.2 Å². The van der Waals surface area contributed by atoms with Gasteiger partial charge in [-0.15, -0.1) is 24.2 Å². The van der Waals surface area contributed by atoms with Gasteiger partial charge < -0.3 is 5.32 Å². The summed E-state index contributed by atoms with van der Waals surface area (Å²) in [7, 11) is -3.52. The largest absolute Gasteiger partial charge is 0.308 e. The summed E-state index contributed by atoms with van der Waals surface area (Å²) in [6, 6.07) is 15.3. The van der Waals surface area contributed by atoms with Crippen LogP contribution in [-0.2, 0) is 16.4 Å². The normalized spacial score (nSPS) is 17.0. The van der Waals surface area contributed by atoms with Crippen LogP contribution in [0.4, 0.5) is 0 Å². The Morgan fingerprint density at radius 1 is 1.17 bits per heavy atom. The summed E-state index contributed by atoms with van der Waals surface area (Å²) in [5, 5.41) is 3.40. The van der Waals surface area contributed by atoms with Crippen LogP contribution in [0.2, 0.25) is 0 Å². The summed E-state index contributed by atoms with van der Waals surface area (Å²) < 4.78 is 28.0. The summed E-state index contributed by atoms with van der Waals surface area (Å²) in [4.78, 5) is 1.11. The van der Waals surface area contributed by atoms with Crippen molar-refractivity contribution in [3.05, 3.63) is 59.7 Å². The van der Waals surface area contributed by atoms with Crippen molar-refractivity contribution >= 4 is 34.2 Å². The summed E-state index contributed by atoms with van der Waals surface area (Å²) >= 11 is 1.44. The Labute approximate surface area is 153 Å². The fraction of sp³-hybridized carbons (Fsp3) is 0.294. The van der Waals surface area contributed by atoms with E-state index in [2.05, 4.69) is 22.2 Å². The van der Waals surface area contributed by atoms with Crippen LogP contribution in [0.25, 0.3) is 0 Å². The third-order valence-corrected chi connectivity index (χ3v) is 6.46. The van der Waals surface area contributed by atoms with Gasteiger partial charge in [-0.3, -0.25) is 0 Å². The first-order valence-electron chi connectivity index (χ1n) is 7.55. The molecule has 0 spiro atoms. The minimum absolute atomic E-state index is 0. The van der Waals surface area contributed by atoms with E-state index in [1.807, 2.05) is 30.5 Å². The van der Waals surface area contributed by atoms with E-state index in [-0.39, 0.29) is 18.4 Å².